The lowest BCUT2D eigenvalue weighted by Gasteiger charge is -2.53. The minimum atomic E-state index is -0.797. The fourth-order valence-corrected chi connectivity index (χ4v) is 4.90. The number of hydrogen-bond donors (Lipinski definition) is 1. The second kappa shape index (κ2) is 4.67. The SMILES string of the molecule is CC(C)(O)c1ccc2c(c1)CC[C@@H]1C(C)(C)C(=O)CC[C@@]21C. The summed E-state index contributed by atoms with van der Waals surface area (Å²) in [6.45, 7) is 10.3. The third-order valence-electron chi connectivity index (χ3n) is 6.36. The van der Waals surface area contributed by atoms with E-state index < -0.39 is 5.60 Å². The highest BCUT2D eigenvalue weighted by atomic mass is 16.3. The molecule has 2 nitrogen and oxygen atoms in total. The van der Waals surface area contributed by atoms with E-state index in [1.807, 2.05) is 13.8 Å². The molecule has 0 spiro atoms. The minimum Gasteiger partial charge on any atom is -0.386 e. The smallest absolute Gasteiger partial charge is 0.138 e. The molecule has 0 heterocycles. The van der Waals surface area contributed by atoms with Crippen LogP contribution >= 0.6 is 0 Å². The molecule has 0 saturated heterocycles. The summed E-state index contributed by atoms with van der Waals surface area (Å²) in [5.41, 5.74) is 2.82. The zero-order chi connectivity index (χ0) is 16.3. The average Bonchev–Trinajstić information content (AvgIpc) is 2.42. The summed E-state index contributed by atoms with van der Waals surface area (Å²) in [6, 6.07) is 6.46. The number of fused-ring (bicyclic) bond motifs is 3. The molecule has 0 aromatic heterocycles. The standard InChI is InChI=1S/C20H28O2/c1-18(2)16-9-6-13-12-14(19(3,4)22)7-8-15(13)20(16,5)11-10-17(18)21/h7-8,12,16,22H,6,9-11H2,1-5H3/t16-,20+/m1/s1. The van der Waals surface area contributed by atoms with E-state index in [0.29, 0.717) is 18.1 Å². The molecule has 1 aromatic carbocycles. The van der Waals surface area contributed by atoms with Crippen LogP contribution < -0.4 is 0 Å². The third kappa shape index (κ3) is 2.15. The van der Waals surface area contributed by atoms with Gasteiger partial charge in [-0.15, -0.1) is 0 Å². The molecule has 3 rings (SSSR count). The first kappa shape index (κ1) is 15.7. The van der Waals surface area contributed by atoms with Crippen molar-refractivity contribution in [3.63, 3.8) is 0 Å². The second-order valence-electron chi connectivity index (χ2n) is 8.58. The van der Waals surface area contributed by atoms with E-state index in [4.69, 9.17) is 0 Å². The first-order valence-corrected chi connectivity index (χ1v) is 8.46. The number of ketones is 1. The Kier molecular flexibility index (Phi) is 3.34. The first-order valence-electron chi connectivity index (χ1n) is 8.46. The van der Waals surface area contributed by atoms with Gasteiger partial charge in [-0.25, -0.2) is 0 Å². The molecule has 22 heavy (non-hydrogen) atoms. The molecule has 0 amide bonds. The van der Waals surface area contributed by atoms with Crippen molar-refractivity contribution in [1.82, 2.24) is 0 Å². The fraction of sp³-hybridized carbons (Fsp3) is 0.650. The molecule has 0 bridgehead atoms. The number of hydrogen-bond acceptors (Lipinski definition) is 2. The average molecular weight is 300 g/mol. The van der Waals surface area contributed by atoms with Crippen LogP contribution in [0.15, 0.2) is 18.2 Å². The Morgan fingerprint density at radius 1 is 1.18 bits per heavy atom. The molecule has 2 atom stereocenters. The van der Waals surface area contributed by atoms with E-state index >= 15 is 0 Å². The fourth-order valence-electron chi connectivity index (χ4n) is 4.90. The lowest BCUT2D eigenvalue weighted by molar-refractivity contribution is -0.137. The number of benzene rings is 1. The van der Waals surface area contributed by atoms with Crippen molar-refractivity contribution < 1.29 is 9.90 Å². The summed E-state index contributed by atoms with van der Waals surface area (Å²) in [5, 5.41) is 10.3. The number of carbonyl (C=O) groups is 1. The molecule has 120 valence electrons. The first-order chi connectivity index (χ1) is 10.1. The van der Waals surface area contributed by atoms with Gasteiger partial charge in [-0.05, 0) is 61.1 Å². The largest absolute Gasteiger partial charge is 0.386 e. The molecule has 1 aromatic rings. The zero-order valence-electron chi connectivity index (χ0n) is 14.5. The van der Waals surface area contributed by atoms with Crippen molar-refractivity contribution in [2.24, 2.45) is 11.3 Å². The van der Waals surface area contributed by atoms with Gasteiger partial charge in [-0.2, -0.15) is 0 Å². The molecule has 0 aliphatic heterocycles. The van der Waals surface area contributed by atoms with Crippen LogP contribution in [0.3, 0.4) is 0 Å². The summed E-state index contributed by atoms with van der Waals surface area (Å²) in [7, 11) is 0. The molecule has 1 N–H and O–H groups in total. The Morgan fingerprint density at radius 3 is 2.50 bits per heavy atom. The van der Waals surface area contributed by atoms with Crippen LogP contribution in [0.25, 0.3) is 0 Å². The Bertz CT molecular complexity index is 621. The highest BCUT2D eigenvalue weighted by Gasteiger charge is 2.53. The minimum absolute atomic E-state index is 0.0864. The highest BCUT2D eigenvalue weighted by Crippen LogP contribution is 2.55. The molecule has 1 saturated carbocycles. The van der Waals surface area contributed by atoms with Crippen LogP contribution in [0.5, 0.6) is 0 Å². The van der Waals surface area contributed by atoms with Gasteiger partial charge in [-0.1, -0.05) is 39.0 Å². The van der Waals surface area contributed by atoms with Gasteiger partial charge >= 0.3 is 0 Å². The molecule has 0 unspecified atom stereocenters. The number of aliphatic hydroxyl groups is 1. The van der Waals surface area contributed by atoms with Crippen molar-refractivity contribution in [2.75, 3.05) is 0 Å². The van der Waals surface area contributed by atoms with Gasteiger partial charge in [-0.3, -0.25) is 4.79 Å². The van der Waals surface area contributed by atoms with Crippen LogP contribution in [-0.2, 0) is 22.2 Å². The molecular formula is C20H28O2. The van der Waals surface area contributed by atoms with E-state index in [1.165, 1.54) is 11.1 Å². The summed E-state index contributed by atoms with van der Waals surface area (Å²) in [4.78, 5) is 12.4. The topological polar surface area (TPSA) is 37.3 Å². The number of carbonyl (C=O) groups excluding carboxylic acids is 1. The van der Waals surface area contributed by atoms with E-state index in [2.05, 4.69) is 39.0 Å². The summed E-state index contributed by atoms with van der Waals surface area (Å²) in [6.07, 6.45) is 3.72. The van der Waals surface area contributed by atoms with Crippen LogP contribution in [-0.4, -0.2) is 10.9 Å². The van der Waals surface area contributed by atoms with Gasteiger partial charge in [0.2, 0.25) is 0 Å². The van der Waals surface area contributed by atoms with Crippen LogP contribution in [0.4, 0.5) is 0 Å². The van der Waals surface area contributed by atoms with Crippen molar-refractivity contribution in [3.8, 4) is 0 Å². The monoisotopic (exact) mass is 300 g/mol. The maximum absolute atomic E-state index is 12.4. The quantitative estimate of drug-likeness (QED) is 0.847. The lowest BCUT2D eigenvalue weighted by Crippen LogP contribution is -2.52. The molecular weight excluding hydrogens is 272 g/mol. The summed E-state index contributed by atoms with van der Waals surface area (Å²) in [5.74, 6) is 0.841. The van der Waals surface area contributed by atoms with Crippen molar-refractivity contribution in [3.05, 3.63) is 34.9 Å². The van der Waals surface area contributed by atoms with Crippen LogP contribution in [0.1, 0.15) is 70.6 Å². The molecule has 2 aliphatic rings. The van der Waals surface area contributed by atoms with Crippen molar-refractivity contribution in [1.29, 1.82) is 0 Å². The molecule has 2 aliphatic carbocycles. The van der Waals surface area contributed by atoms with Crippen LogP contribution in [0.2, 0.25) is 0 Å². The van der Waals surface area contributed by atoms with Gasteiger partial charge < -0.3 is 5.11 Å². The Balaban J connectivity index is 2.09. The van der Waals surface area contributed by atoms with Crippen LogP contribution in [0, 0.1) is 11.3 Å². The van der Waals surface area contributed by atoms with E-state index in [9.17, 15) is 9.90 Å². The van der Waals surface area contributed by atoms with Gasteiger partial charge in [0, 0.05) is 11.8 Å². The number of rotatable bonds is 1. The molecule has 1 fully saturated rings. The summed E-state index contributed by atoms with van der Waals surface area (Å²) < 4.78 is 0. The van der Waals surface area contributed by atoms with Gasteiger partial charge in [0.15, 0.2) is 0 Å². The van der Waals surface area contributed by atoms with E-state index in [1.54, 1.807) is 0 Å². The van der Waals surface area contributed by atoms with Gasteiger partial charge in [0.25, 0.3) is 0 Å². The van der Waals surface area contributed by atoms with Crippen molar-refractivity contribution in [2.45, 2.75) is 71.3 Å². The maximum atomic E-state index is 12.4. The Hall–Kier alpha value is -1.15. The zero-order valence-corrected chi connectivity index (χ0v) is 14.5. The Labute approximate surface area is 133 Å². The van der Waals surface area contributed by atoms with E-state index in [0.717, 1.165) is 24.8 Å². The Morgan fingerprint density at radius 2 is 1.86 bits per heavy atom. The van der Waals surface area contributed by atoms with Gasteiger partial charge in [0.05, 0.1) is 5.60 Å². The summed E-state index contributed by atoms with van der Waals surface area (Å²) >= 11 is 0. The predicted octanol–water partition coefficient (Wildman–Crippen LogP) is 4.12. The number of aryl methyl sites for hydroxylation is 1. The van der Waals surface area contributed by atoms with Crippen molar-refractivity contribution >= 4 is 5.78 Å². The maximum Gasteiger partial charge on any atom is 0.138 e. The van der Waals surface area contributed by atoms with Gasteiger partial charge in [0.1, 0.15) is 5.78 Å². The molecule has 2 heteroatoms. The predicted molar refractivity (Wildman–Crippen MR) is 88.9 cm³/mol. The molecule has 0 radical (unpaired) electrons. The third-order valence-corrected chi connectivity index (χ3v) is 6.36. The van der Waals surface area contributed by atoms with E-state index in [-0.39, 0.29) is 10.8 Å². The highest BCUT2D eigenvalue weighted by molar-refractivity contribution is 5.86. The number of Topliss-reactive ketones (excluding diaryl/α,β-unsaturated/α-hetero) is 1. The second-order valence-corrected chi connectivity index (χ2v) is 8.58. The normalized spacial score (nSPS) is 30.6. The lowest BCUT2D eigenvalue weighted by atomic mass is 9.50.